The zero-order valence-electron chi connectivity index (χ0n) is 16.1. The number of hydrogen-bond donors (Lipinski definition) is 1. The molecule has 7 nitrogen and oxygen atoms in total. The molecule has 3 aromatic rings. The molecule has 1 atom stereocenters. The molecule has 8 heteroatoms. The molecule has 1 N–H and O–H groups in total. The van der Waals surface area contributed by atoms with E-state index in [0.717, 1.165) is 10.6 Å². The first-order valence-corrected chi connectivity index (χ1v) is 10.8. The van der Waals surface area contributed by atoms with E-state index in [0.29, 0.717) is 22.9 Å². The zero-order valence-corrected chi connectivity index (χ0v) is 16.9. The molecule has 1 amide bonds. The predicted octanol–water partition coefficient (Wildman–Crippen LogP) is 3.54. The molecule has 3 rings (SSSR count). The highest BCUT2D eigenvalue weighted by Gasteiger charge is 2.29. The first kappa shape index (κ1) is 20.5. The van der Waals surface area contributed by atoms with Crippen LogP contribution in [0.3, 0.4) is 0 Å². The molecule has 0 aliphatic heterocycles. The summed E-state index contributed by atoms with van der Waals surface area (Å²) < 4.78 is 36.8. The van der Waals surface area contributed by atoms with Crippen LogP contribution in [0.1, 0.15) is 12.7 Å². The maximum Gasteiger partial charge on any atom is 0.243 e. The maximum absolute atomic E-state index is 12.5. The van der Waals surface area contributed by atoms with Crippen molar-refractivity contribution in [2.45, 2.75) is 19.5 Å². The molecular weight excluding hydrogens is 392 g/mol. The molecule has 2 aromatic carbocycles. The highest BCUT2D eigenvalue weighted by molar-refractivity contribution is 7.92. The van der Waals surface area contributed by atoms with Crippen LogP contribution in [0.4, 0.5) is 5.69 Å². The average Bonchev–Trinajstić information content (AvgIpc) is 3.21. The number of benzene rings is 2. The van der Waals surface area contributed by atoms with Crippen LogP contribution >= 0.6 is 0 Å². The highest BCUT2D eigenvalue weighted by atomic mass is 32.2. The Morgan fingerprint density at radius 2 is 1.69 bits per heavy atom. The number of hydrogen-bond acceptors (Lipinski definition) is 5. The summed E-state index contributed by atoms with van der Waals surface area (Å²) in [7, 11) is -3.70. The van der Waals surface area contributed by atoms with Gasteiger partial charge in [0.05, 0.1) is 24.8 Å². The van der Waals surface area contributed by atoms with Crippen molar-refractivity contribution in [3.05, 3.63) is 78.8 Å². The third kappa shape index (κ3) is 5.39. The van der Waals surface area contributed by atoms with Gasteiger partial charge in [-0.1, -0.05) is 18.2 Å². The molecule has 0 aliphatic carbocycles. The predicted molar refractivity (Wildman–Crippen MR) is 110 cm³/mol. The molecule has 0 fully saturated rings. The number of amides is 1. The smallest absolute Gasteiger partial charge is 0.243 e. The van der Waals surface area contributed by atoms with Gasteiger partial charge in [0.15, 0.2) is 0 Å². The quantitative estimate of drug-likeness (QED) is 0.609. The molecule has 0 saturated carbocycles. The van der Waals surface area contributed by atoms with Crippen LogP contribution in [-0.2, 0) is 21.4 Å². The second-order valence-corrected chi connectivity index (χ2v) is 8.30. The Balaban J connectivity index is 1.75. The number of nitrogens with one attached hydrogen (secondary N) is 1. The number of sulfonamides is 1. The largest absolute Gasteiger partial charge is 0.467 e. The average molecular weight is 414 g/mol. The summed E-state index contributed by atoms with van der Waals surface area (Å²) in [5.74, 6) is 1.38. The Kier molecular flexibility index (Phi) is 6.23. The lowest BCUT2D eigenvalue weighted by Crippen LogP contribution is -2.47. The second-order valence-electron chi connectivity index (χ2n) is 6.44. The fourth-order valence-electron chi connectivity index (χ4n) is 2.83. The van der Waals surface area contributed by atoms with Crippen LogP contribution in [0, 0.1) is 0 Å². The summed E-state index contributed by atoms with van der Waals surface area (Å²) in [4.78, 5) is 12.5. The Hall–Kier alpha value is -3.26. The van der Waals surface area contributed by atoms with Gasteiger partial charge >= 0.3 is 0 Å². The van der Waals surface area contributed by atoms with Crippen molar-refractivity contribution in [3.8, 4) is 11.5 Å². The van der Waals surface area contributed by atoms with Gasteiger partial charge in [-0.3, -0.25) is 9.10 Å². The van der Waals surface area contributed by atoms with Crippen LogP contribution in [0.5, 0.6) is 11.5 Å². The molecule has 1 aromatic heterocycles. The highest BCUT2D eigenvalue weighted by Crippen LogP contribution is 2.26. The van der Waals surface area contributed by atoms with Gasteiger partial charge in [0.1, 0.15) is 23.3 Å². The van der Waals surface area contributed by atoms with Crippen LogP contribution in [0.25, 0.3) is 0 Å². The molecule has 1 unspecified atom stereocenters. The number of anilines is 1. The van der Waals surface area contributed by atoms with Crippen LogP contribution < -0.4 is 14.4 Å². The number of carbonyl (C=O) groups is 1. The van der Waals surface area contributed by atoms with Gasteiger partial charge in [-0.05, 0) is 55.5 Å². The fourth-order valence-corrected chi connectivity index (χ4v) is 4.00. The lowest BCUT2D eigenvalue weighted by atomic mass is 10.2. The molecule has 0 saturated heterocycles. The summed E-state index contributed by atoms with van der Waals surface area (Å²) in [5, 5.41) is 2.69. The molecule has 1 heterocycles. The molecule has 152 valence electrons. The number of nitrogens with zero attached hydrogens (tertiary/aromatic N) is 1. The third-order valence-corrected chi connectivity index (χ3v) is 5.42. The lowest BCUT2D eigenvalue weighted by molar-refractivity contribution is -0.122. The summed E-state index contributed by atoms with van der Waals surface area (Å²) in [5.41, 5.74) is 0.369. The SMILES string of the molecule is CC(C(=O)NCc1ccco1)N(c1ccc(Oc2ccccc2)cc1)S(C)(=O)=O. The van der Waals surface area contributed by atoms with Gasteiger partial charge in [0.25, 0.3) is 0 Å². The van der Waals surface area contributed by atoms with E-state index in [1.165, 1.54) is 13.2 Å². The standard InChI is InChI=1S/C21H22N2O5S/c1-16(21(24)22-15-20-9-6-14-27-20)23(29(2,25)26)17-10-12-19(13-11-17)28-18-7-4-3-5-8-18/h3-14,16H,15H2,1-2H3,(H,22,24). The third-order valence-electron chi connectivity index (χ3n) is 4.18. The zero-order chi connectivity index (χ0) is 20.9. The van der Waals surface area contributed by atoms with Gasteiger partial charge in [-0.2, -0.15) is 0 Å². The number of furan rings is 1. The number of para-hydroxylation sites is 1. The summed E-state index contributed by atoms with van der Waals surface area (Å²) in [6, 6.07) is 18.3. The molecule has 0 spiro atoms. The van der Waals surface area contributed by atoms with E-state index in [2.05, 4.69) is 5.32 Å². The Morgan fingerprint density at radius 1 is 1.03 bits per heavy atom. The van der Waals surface area contributed by atoms with Crippen LogP contribution in [-0.4, -0.2) is 26.6 Å². The van der Waals surface area contributed by atoms with E-state index in [1.807, 2.05) is 30.3 Å². The van der Waals surface area contributed by atoms with E-state index < -0.39 is 22.0 Å². The van der Waals surface area contributed by atoms with Gasteiger partial charge in [-0.15, -0.1) is 0 Å². The first-order chi connectivity index (χ1) is 13.8. The lowest BCUT2D eigenvalue weighted by Gasteiger charge is -2.28. The maximum atomic E-state index is 12.5. The Labute approximate surface area is 170 Å². The van der Waals surface area contributed by atoms with Crippen molar-refractivity contribution >= 4 is 21.6 Å². The van der Waals surface area contributed by atoms with Crippen LogP contribution in [0.15, 0.2) is 77.4 Å². The molecule has 29 heavy (non-hydrogen) atoms. The second kappa shape index (κ2) is 8.83. The Bertz CT molecular complexity index is 1030. The fraction of sp³-hybridized carbons (Fsp3) is 0.190. The summed E-state index contributed by atoms with van der Waals surface area (Å²) in [6.45, 7) is 1.71. The minimum Gasteiger partial charge on any atom is -0.467 e. The monoisotopic (exact) mass is 414 g/mol. The number of ether oxygens (including phenoxy) is 1. The van der Waals surface area contributed by atoms with Crippen molar-refractivity contribution in [1.29, 1.82) is 0 Å². The molecule has 0 aliphatic rings. The topological polar surface area (TPSA) is 88.8 Å². The normalized spacial score (nSPS) is 12.2. The van der Waals surface area contributed by atoms with Gasteiger partial charge in [-0.25, -0.2) is 8.42 Å². The van der Waals surface area contributed by atoms with E-state index in [-0.39, 0.29) is 6.54 Å². The van der Waals surface area contributed by atoms with E-state index in [4.69, 9.17) is 9.15 Å². The van der Waals surface area contributed by atoms with Crippen LogP contribution in [0.2, 0.25) is 0 Å². The van der Waals surface area contributed by atoms with Crippen molar-refractivity contribution in [1.82, 2.24) is 5.32 Å². The molecule has 0 radical (unpaired) electrons. The first-order valence-electron chi connectivity index (χ1n) is 8.97. The number of carbonyl (C=O) groups excluding carboxylic acids is 1. The van der Waals surface area contributed by atoms with E-state index >= 15 is 0 Å². The van der Waals surface area contributed by atoms with Gasteiger partial charge in [0.2, 0.25) is 15.9 Å². The van der Waals surface area contributed by atoms with Gasteiger partial charge in [0, 0.05) is 0 Å². The van der Waals surface area contributed by atoms with Crippen molar-refractivity contribution < 1.29 is 22.4 Å². The summed E-state index contributed by atoms with van der Waals surface area (Å²) >= 11 is 0. The van der Waals surface area contributed by atoms with Crippen molar-refractivity contribution in [3.63, 3.8) is 0 Å². The van der Waals surface area contributed by atoms with E-state index in [9.17, 15) is 13.2 Å². The molecule has 0 bridgehead atoms. The molecular formula is C21H22N2O5S. The van der Waals surface area contributed by atoms with Crippen molar-refractivity contribution in [2.75, 3.05) is 10.6 Å². The minimum absolute atomic E-state index is 0.178. The Morgan fingerprint density at radius 3 is 2.28 bits per heavy atom. The minimum atomic E-state index is -3.70. The van der Waals surface area contributed by atoms with Crippen molar-refractivity contribution in [2.24, 2.45) is 0 Å². The van der Waals surface area contributed by atoms with E-state index in [1.54, 1.807) is 36.4 Å². The summed E-state index contributed by atoms with van der Waals surface area (Å²) in [6.07, 6.45) is 2.57. The van der Waals surface area contributed by atoms with Gasteiger partial charge < -0.3 is 14.5 Å². The number of rotatable bonds is 8.